The summed E-state index contributed by atoms with van der Waals surface area (Å²) < 4.78 is 4.45. The maximum absolute atomic E-state index is 11.9. The monoisotopic (exact) mass is 233 g/mol. The first-order chi connectivity index (χ1) is 8.04. The molecule has 5 nitrogen and oxygen atoms in total. The Morgan fingerprint density at radius 1 is 1.24 bits per heavy atom. The van der Waals surface area contributed by atoms with Crippen LogP contribution in [0.1, 0.15) is 26.3 Å². The Bertz CT molecular complexity index is 521. The molecule has 88 valence electrons. The Labute approximate surface area is 98.0 Å². The lowest BCUT2D eigenvalue weighted by atomic mass is 10.1. The summed E-state index contributed by atoms with van der Waals surface area (Å²) in [4.78, 5) is 35.8. The number of carbonyl (C=O) groups excluding carboxylic acids is 3. The average Bonchev–Trinajstić information content (AvgIpc) is 2.54. The third-order valence-electron chi connectivity index (χ3n) is 2.64. The van der Waals surface area contributed by atoms with Crippen molar-refractivity contribution in [2.45, 2.75) is 6.92 Å². The molecule has 0 aromatic heterocycles. The minimum atomic E-state index is -0.615. The van der Waals surface area contributed by atoms with Crippen molar-refractivity contribution in [3.63, 3.8) is 0 Å². The highest BCUT2D eigenvalue weighted by Gasteiger charge is 2.36. The Kier molecular flexibility index (Phi) is 2.67. The van der Waals surface area contributed by atoms with E-state index in [1.54, 1.807) is 18.2 Å². The summed E-state index contributed by atoms with van der Waals surface area (Å²) in [7, 11) is 1.21. The second-order valence-electron chi connectivity index (χ2n) is 3.82. The zero-order chi connectivity index (χ0) is 12.6. The third kappa shape index (κ3) is 1.80. The number of methoxy groups -OCH3 is 1. The maximum Gasteiger partial charge on any atom is 0.325 e. The van der Waals surface area contributed by atoms with Crippen LogP contribution in [0, 0.1) is 6.92 Å². The zero-order valence-corrected chi connectivity index (χ0v) is 9.52. The molecular weight excluding hydrogens is 222 g/mol. The van der Waals surface area contributed by atoms with Crippen LogP contribution >= 0.6 is 0 Å². The van der Waals surface area contributed by atoms with E-state index in [2.05, 4.69) is 4.74 Å². The van der Waals surface area contributed by atoms with E-state index in [-0.39, 0.29) is 6.54 Å². The number of benzene rings is 1. The molecule has 0 aliphatic carbocycles. The van der Waals surface area contributed by atoms with Crippen molar-refractivity contribution in [1.29, 1.82) is 0 Å². The van der Waals surface area contributed by atoms with Crippen LogP contribution in [0.2, 0.25) is 0 Å². The van der Waals surface area contributed by atoms with Gasteiger partial charge in [-0.05, 0) is 19.1 Å². The highest BCUT2D eigenvalue weighted by molar-refractivity contribution is 6.22. The van der Waals surface area contributed by atoms with Crippen molar-refractivity contribution < 1.29 is 19.1 Å². The summed E-state index contributed by atoms with van der Waals surface area (Å²) in [6.45, 7) is 1.49. The van der Waals surface area contributed by atoms with Gasteiger partial charge in [-0.2, -0.15) is 0 Å². The molecule has 17 heavy (non-hydrogen) atoms. The number of esters is 1. The van der Waals surface area contributed by atoms with Crippen LogP contribution in [0.4, 0.5) is 0 Å². The molecule has 5 heteroatoms. The summed E-state index contributed by atoms with van der Waals surface area (Å²) in [5.41, 5.74) is 1.58. The Morgan fingerprint density at radius 2 is 1.88 bits per heavy atom. The largest absolute Gasteiger partial charge is 0.468 e. The predicted octanol–water partition coefficient (Wildman–Crippen LogP) is 0.764. The van der Waals surface area contributed by atoms with E-state index in [0.717, 1.165) is 10.5 Å². The number of hydrogen-bond acceptors (Lipinski definition) is 4. The molecule has 1 aliphatic heterocycles. The predicted molar refractivity (Wildman–Crippen MR) is 58.6 cm³/mol. The van der Waals surface area contributed by atoms with Gasteiger partial charge in [0.15, 0.2) is 0 Å². The van der Waals surface area contributed by atoms with Crippen LogP contribution in [-0.2, 0) is 9.53 Å². The van der Waals surface area contributed by atoms with Gasteiger partial charge >= 0.3 is 5.97 Å². The zero-order valence-electron chi connectivity index (χ0n) is 9.52. The number of aryl methyl sites for hydroxylation is 1. The lowest BCUT2D eigenvalue weighted by molar-refractivity contribution is -0.140. The van der Waals surface area contributed by atoms with Gasteiger partial charge in [-0.25, -0.2) is 0 Å². The van der Waals surface area contributed by atoms with E-state index in [9.17, 15) is 14.4 Å². The third-order valence-corrected chi connectivity index (χ3v) is 2.64. The van der Waals surface area contributed by atoms with Crippen molar-refractivity contribution in [3.05, 3.63) is 34.9 Å². The summed E-state index contributed by atoms with van der Waals surface area (Å²) in [6, 6.07) is 5.00. The van der Waals surface area contributed by atoms with Crippen LogP contribution in [0.3, 0.4) is 0 Å². The van der Waals surface area contributed by atoms with Gasteiger partial charge in [0.1, 0.15) is 6.54 Å². The Balaban J connectivity index is 2.35. The molecule has 1 aromatic carbocycles. The van der Waals surface area contributed by atoms with Gasteiger partial charge in [0.25, 0.3) is 11.8 Å². The van der Waals surface area contributed by atoms with Crippen LogP contribution in [0.5, 0.6) is 0 Å². The summed E-state index contributed by atoms with van der Waals surface area (Å²) in [5, 5.41) is 0. The van der Waals surface area contributed by atoms with Gasteiger partial charge in [0.2, 0.25) is 0 Å². The van der Waals surface area contributed by atoms with E-state index in [0.29, 0.717) is 11.1 Å². The minimum absolute atomic E-state index is 0.338. The average molecular weight is 233 g/mol. The molecule has 0 fully saturated rings. The molecule has 2 amide bonds. The van der Waals surface area contributed by atoms with Crippen molar-refractivity contribution >= 4 is 17.8 Å². The first-order valence-corrected chi connectivity index (χ1v) is 5.08. The Hall–Kier alpha value is -2.17. The number of rotatable bonds is 2. The van der Waals surface area contributed by atoms with E-state index in [4.69, 9.17) is 0 Å². The molecular formula is C12H11NO4. The molecule has 0 saturated heterocycles. The smallest absolute Gasteiger partial charge is 0.325 e. The summed E-state index contributed by atoms with van der Waals surface area (Å²) >= 11 is 0. The molecule has 1 aromatic rings. The number of fused-ring (bicyclic) bond motifs is 1. The highest BCUT2D eigenvalue weighted by Crippen LogP contribution is 2.23. The van der Waals surface area contributed by atoms with Crippen LogP contribution in [0.25, 0.3) is 0 Å². The van der Waals surface area contributed by atoms with E-state index in [1.165, 1.54) is 7.11 Å². The quantitative estimate of drug-likeness (QED) is 0.559. The number of nitrogens with zero attached hydrogens (tertiary/aromatic N) is 1. The maximum atomic E-state index is 11.9. The number of hydrogen-bond donors (Lipinski definition) is 0. The lowest BCUT2D eigenvalue weighted by Gasteiger charge is -2.11. The van der Waals surface area contributed by atoms with Crippen LogP contribution < -0.4 is 0 Å². The summed E-state index contributed by atoms with van der Waals surface area (Å²) in [5.74, 6) is -1.51. The van der Waals surface area contributed by atoms with Gasteiger partial charge in [0.05, 0.1) is 18.2 Å². The molecule has 1 aliphatic rings. The van der Waals surface area contributed by atoms with E-state index >= 15 is 0 Å². The van der Waals surface area contributed by atoms with Crippen molar-refractivity contribution in [1.82, 2.24) is 4.90 Å². The molecule has 0 N–H and O–H groups in total. The number of ether oxygens (including phenoxy) is 1. The van der Waals surface area contributed by atoms with Gasteiger partial charge < -0.3 is 4.74 Å². The number of carbonyl (C=O) groups is 3. The second-order valence-corrected chi connectivity index (χ2v) is 3.82. The van der Waals surface area contributed by atoms with Gasteiger partial charge in [-0.15, -0.1) is 0 Å². The fraction of sp³-hybridized carbons (Fsp3) is 0.250. The molecule has 0 radical (unpaired) electrons. The van der Waals surface area contributed by atoms with Gasteiger partial charge in [0, 0.05) is 0 Å². The minimum Gasteiger partial charge on any atom is -0.468 e. The molecule has 0 unspecified atom stereocenters. The molecule has 1 heterocycles. The van der Waals surface area contributed by atoms with Crippen molar-refractivity contribution in [3.8, 4) is 0 Å². The molecule has 2 rings (SSSR count). The molecule has 0 spiro atoms. The number of imide groups is 1. The van der Waals surface area contributed by atoms with Gasteiger partial charge in [-0.1, -0.05) is 11.6 Å². The first kappa shape index (κ1) is 11.3. The number of amides is 2. The molecule has 0 atom stereocenters. The highest BCUT2D eigenvalue weighted by atomic mass is 16.5. The normalized spacial score (nSPS) is 13.9. The van der Waals surface area contributed by atoms with E-state index in [1.807, 2.05) is 6.92 Å². The van der Waals surface area contributed by atoms with Crippen LogP contribution in [-0.4, -0.2) is 36.3 Å². The van der Waals surface area contributed by atoms with Crippen molar-refractivity contribution in [2.24, 2.45) is 0 Å². The lowest BCUT2D eigenvalue weighted by Crippen LogP contribution is -2.35. The van der Waals surface area contributed by atoms with Crippen LogP contribution in [0.15, 0.2) is 18.2 Å². The Morgan fingerprint density at radius 3 is 2.53 bits per heavy atom. The summed E-state index contributed by atoms with van der Waals surface area (Å²) in [6.07, 6.45) is 0. The fourth-order valence-electron chi connectivity index (χ4n) is 1.74. The SMILES string of the molecule is COC(=O)CN1C(=O)c2ccc(C)cc2C1=O. The fourth-order valence-corrected chi connectivity index (χ4v) is 1.74. The topological polar surface area (TPSA) is 63.7 Å². The second kappa shape index (κ2) is 4.01. The first-order valence-electron chi connectivity index (χ1n) is 5.08. The molecule has 0 bridgehead atoms. The standard InChI is InChI=1S/C12H11NO4/c1-7-3-4-8-9(5-7)12(16)13(11(8)15)6-10(14)17-2/h3-5H,6H2,1-2H3. The van der Waals surface area contributed by atoms with Gasteiger partial charge in [-0.3, -0.25) is 19.3 Å². The molecule has 0 saturated carbocycles. The van der Waals surface area contributed by atoms with E-state index < -0.39 is 17.8 Å². The van der Waals surface area contributed by atoms with Crippen molar-refractivity contribution in [2.75, 3.05) is 13.7 Å².